The van der Waals surface area contributed by atoms with Crippen molar-refractivity contribution in [1.82, 2.24) is 0 Å². The Kier molecular flexibility index (Phi) is 4.80. The highest BCUT2D eigenvalue weighted by Gasteiger charge is 2.14. The highest BCUT2D eigenvalue weighted by Crippen LogP contribution is 2.36. The molecule has 0 saturated carbocycles. The lowest BCUT2D eigenvalue weighted by molar-refractivity contribution is -0.143. The Morgan fingerprint density at radius 3 is 2.67 bits per heavy atom. The number of hydrogen-bond acceptors (Lipinski definition) is 6. The number of aromatic hydroxyl groups is 1. The van der Waals surface area contributed by atoms with Crippen LogP contribution in [0.15, 0.2) is 18.2 Å². The molecule has 1 aromatic carbocycles. The molecule has 0 amide bonds. The van der Waals surface area contributed by atoms with Crippen molar-refractivity contribution in [2.24, 2.45) is 0 Å². The summed E-state index contributed by atoms with van der Waals surface area (Å²) >= 11 is 1.29. The zero-order chi connectivity index (χ0) is 15.4. The highest BCUT2D eigenvalue weighted by atomic mass is 32.1. The van der Waals surface area contributed by atoms with E-state index >= 15 is 0 Å². The zero-order valence-electron chi connectivity index (χ0n) is 11.8. The Bertz CT molecular complexity index is 674. The van der Waals surface area contributed by atoms with E-state index in [-0.39, 0.29) is 30.3 Å². The second-order valence-corrected chi connectivity index (χ2v) is 5.48. The van der Waals surface area contributed by atoms with Crippen molar-refractivity contribution in [3.8, 4) is 11.5 Å². The molecule has 0 aliphatic heterocycles. The van der Waals surface area contributed by atoms with Gasteiger partial charge in [-0.25, -0.2) is 0 Å². The zero-order valence-corrected chi connectivity index (χ0v) is 12.7. The molecular weight excluding hydrogens is 292 g/mol. The Morgan fingerprint density at radius 1 is 1.24 bits per heavy atom. The van der Waals surface area contributed by atoms with E-state index in [0.29, 0.717) is 17.2 Å². The molecule has 0 unspecified atom stereocenters. The summed E-state index contributed by atoms with van der Waals surface area (Å²) in [6, 6.07) is 5.00. The van der Waals surface area contributed by atoms with Gasteiger partial charge in [-0.2, -0.15) is 0 Å². The lowest BCUT2D eigenvalue weighted by atomic mass is 10.1. The lowest BCUT2D eigenvalue weighted by Gasteiger charge is -2.01. The van der Waals surface area contributed by atoms with E-state index in [0.717, 1.165) is 10.1 Å². The summed E-state index contributed by atoms with van der Waals surface area (Å²) in [5.74, 6) is -0.0721. The minimum absolute atomic E-state index is 0.0392. The van der Waals surface area contributed by atoms with Crippen molar-refractivity contribution < 1.29 is 24.2 Å². The number of ketones is 1. The summed E-state index contributed by atoms with van der Waals surface area (Å²) in [6.45, 7) is 2.04. The Morgan fingerprint density at radius 2 is 2.00 bits per heavy atom. The minimum Gasteiger partial charge on any atom is -0.504 e. The van der Waals surface area contributed by atoms with Gasteiger partial charge in [0.25, 0.3) is 0 Å². The third kappa shape index (κ3) is 3.52. The van der Waals surface area contributed by atoms with Gasteiger partial charge in [0.05, 0.1) is 25.0 Å². The third-order valence-corrected chi connectivity index (χ3v) is 4.09. The molecule has 0 aliphatic rings. The van der Waals surface area contributed by atoms with E-state index in [1.54, 1.807) is 25.1 Å². The van der Waals surface area contributed by atoms with Crippen LogP contribution in [0.2, 0.25) is 0 Å². The predicted octanol–water partition coefficient (Wildman–Crippen LogP) is 3.14. The molecule has 2 aromatic rings. The lowest BCUT2D eigenvalue weighted by Crippen LogP contribution is -2.07. The molecule has 0 fully saturated rings. The van der Waals surface area contributed by atoms with Crippen molar-refractivity contribution >= 4 is 33.2 Å². The molecule has 0 radical (unpaired) electrons. The number of phenols is 1. The van der Waals surface area contributed by atoms with Crippen molar-refractivity contribution in [2.75, 3.05) is 13.7 Å². The van der Waals surface area contributed by atoms with Gasteiger partial charge in [-0.15, -0.1) is 11.3 Å². The van der Waals surface area contributed by atoms with E-state index < -0.39 is 0 Å². The van der Waals surface area contributed by atoms with Gasteiger partial charge < -0.3 is 14.6 Å². The molecule has 0 bridgehead atoms. The number of fused-ring (bicyclic) bond motifs is 1. The maximum atomic E-state index is 12.1. The van der Waals surface area contributed by atoms with Crippen molar-refractivity contribution in [3.63, 3.8) is 0 Å². The van der Waals surface area contributed by atoms with Crippen LogP contribution in [0.4, 0.5) is 0 Å². The monoisotopic (exact) mass is 308 g/mol. The molecule has 112 valence electrons. The van der Waals surface area contributed by atoms with Crippen LogP contribution < -0.4 is 4.74 Å². The number of carbonyl (C=O) groups is 2. The topological polar surface area (TPSA) is 72.8 Å². The number of methoxy groups -OCH3 is 1. The van der Waals surface area contributed by atoms with Crippen molar-refractivity contribution in [2.45, 2.75) is 19.8 Å². The van der Waals surface area contributed by atoms with E-state index in [1.165, 1.54) is 18.4 Å². The molecule has 5 nitrogen and oxygen atoms in total. The van der Waals surface area contributed by atoms with Gasteiger partial charge in [0.2, 0.25) is 0 Å². The number of ether oxygens (including phenoxy) is 2. The van der Waals surface area contributed by atoms with Gasteiger partial charge in [-0.3, -0.25) is 9.59 Å². The summed E-state index contributed by atoms with van der Waals surface area (Å²) in [4.78, 5) is 23.9. The van der Waals surface area contributed by atoms with E-state index in [1.807, 2.05) is 0 Å². The van der Waals surface area contributed by atoms with Gasteiger partial charge in [0, 0.05) is 17.2 Å². The van der Waals surface area contributed by atoms with Crippen LogP contribution in [0.5, 0.6) is 11.5 Å². The fourth-order valence-electron chi connectivity index (χ4n) is 1.93. The number of benzene rings is 1. The third-order valence-electron chi connectivity index (χ3n) is 2.95. The fraction of sp³-hybridized carbons (Fsp3) is 0.333. The summed E-state index contributed by atoms with van der Waals surface area (Å²) < 4.78 is 10.6. The maximum absolute atomic E-state index is 12.1. The highest BCUT2D eigenvalue weighted by molar-refractivity contribution is 7.20. The average Bonchev–Trinajstić information content (AvgIpc) is 2.86. The Labute approximate surface area is 126 Å². The number of thiophene rings is 1. The first kappa shape index (κ1) is 15.3. The normalized spacial score (nSPS) is 10.6. The van der Waals surface area contributed by atoms with Crippen LogP contribution in [0.1, 0.15) is 29.4 Å². The molecule has 6 heteroatoms. The van der Waals surface area contributed by atoms with Gasteiger partial charge in [-0.05, 0) is 24.4 Å². The van der Waals surface area contributed by atoms with Crippen LogP contribution in [0.3, 0.4) is 0 Å². The number of Topliss-reactive ketones (excluding diaryl/α,β-unsaturated/α-hetero) is 1. The second kappa shape index (κ2) is 6.58. The Hall–Kier alpha value is -2.08. The smallest absolute Gasteiger partial charge is 0.306 e. The number of carbonyl (C=O) groups excluding carboxylic acids is 2. The molecule has 2 rings (SSSR count). The standard InChI is InChI=1S/C15H16O5S/c1-3-20-15(18)5-4-10(16)14-7-9-6-12(19-2)11(17)8-13(9)21-14/h6-8,17H,3-5H2,1-2H3. The molecular formula is C15H16O5S. The number of rotatable bonds is 6. The molecule has 1 heterocycles. The molecule has 1 aromatic heterocycles. The first-order valence-electron chi connectivity index (χ1n) is 6.54. The van der Waals surface area contributed by atoms with E-state index in [2.05, 4.69) is 0 Å². The first-order valence-corrected chi connectivity index (χ1v) is 7.36. The van der Waals surface area contributed by atoms with Gasteiger partial charge >= 0.3 is 5.97 Å². The summed E-state index contributed by atoms with van der Waals surface area (Å²) in [7, 11) is 1.47. The van der Waals surface area contributed by atoms with Gasteiger partial charge in [0.1, 0.15) is 0 Å². The molecule has 21 heavy (non-hydrogen) atoms. The Balaban J connectivity index is 2.15. The minimum atomic E-state index is -0.369. The number of esters is 1. The van der Waals surface area contributed by atoms with Crippen LogP contribution >= 0.6 is 11.3 Å². The van der Waals surface area contributed by atoms with Crippen molar-refractivity contribution in [3.05, 3.63) is 23.1 Å². The van der Waals surface area contributed by atoms with Gasteiger partial charge in [0.15, 0.2) is 17.3 Å². The molecule has 0 atom stereocenters. The van der Waals surface area contributed by atoms with Gasteiger partial charge in [-0.1, -0.05) is 0 Å². The van der Waals surface area contributed by atoms with Crippen LogP contribution in [0, 0.1) is 0 Å². The van der Waals surface area contributed by atoms with Crippen LogP contribution in [-0.4, -0.2) is 30.6 Å². The van der Waals surface area contributed by atoms with Crippen LogP contribution in [-0.2, 0) is 9.53 Å². The summed E-state index contributed by atoms with van der Waals surface area (Å²) in [5.41, 5.74) is 0. The van der Waals surface area contributed by atoms with E-state index in [9.17, 15) is 14.7 Å². The quantitative estimate of drug-likeness (QED) is 0.655. The maximum Gasteiger partial charge on any atom is 0.306 e. The molecule has 0 aliphatic carbocycles. The number of hydrogen-bond donors (Lipinski definition) is 1. The number of phenolic OH excluding ortho intramolecular Hbond substituents is 1. The first-order chi connectivity index (χ1) is 10.0. The SMILES string of the molecule is CCOC(=O)CCC(=O)c1cc2cc(OC)c(O)cc2s1. The largest absolute Gasteiger partial charge is 0.504 e. The molecule has 1 N–H and O–H groups in total. The van der Waals surface area contributed by atoms with E-state index in [4.69, 9.17) is 9.47 Å². The predicted molar refractivity (Wildman–Crippen MR) is 80.2 cm³/mol. The second-order valence-electron chi connectivity index (χ2n) is 4.40. The molecule has 0 saturated heterocycles. The van der Waals surface area contributed by atoms with Crippen molar-refractivity contribution in [1.29, 1.82) is 0 Å². The summed E-state index contributed by atoms with van der Waals surface area (Å²) in [6.07, 6.45) is 0.199. The van der Waals surface area contributed by atoms with Crippen LogP contribution in [0.25, 0.3) is 10.1 Å². The fourth-order valence-corrected chi connectivity index (χ4v) is 2.97. The molecule has 0 spiro atoms. The average molecular weight is 308 g/mol. The summed E-state index contributed by atoms with van der Waals surface area (Å²) in [5, 5.41) is 10.6.